The Morgan fingerprint density at radius 3 is 2.38 bits per heavy atom. The summed E-state index contributed by atoms with van der Waals surface area (Å²) in [5, 5.41) is 1.06. The van der Waals surface area contributed by atoms with Crippen LogP contribution in [0.2, 0.25) is 0 Å². The highest BCUT2D eigenvalue weighted by Gasteiger charge is 2.18. The molecule has 0 atom stereocenters. The molecule has 1 fully saturated rings. The van der Waals surface area contributed by atoms with Gasteiger partial charge >= 0.3 is 5.63 Å². The lowest BCUT2D eigenvalue weighted by Gasteiger charge is -2.34. The van der Waals surface area contributed by atoms with E-state index in [-0.39, 0.29) is 5.63 Å². The predicted octanol–water partition coefficient (Wildman–Crippen LogP) is 4.24. The second-order valence-corrected chi connectivity index (χ2v) is 7.91. The summed E-state index contributed by atoms with van der Waals surface area (Å²) in [6.07, 6.45) is 4.43. The van der Waals surface area contributed by atoms with Gasteiger partial charge in [0.1, 0.15) is 5.58 Å². The Kier molecular flexibility index (Phi) is 5.93. The number of hydrogen-bond acceptors (Lipinski definition) is 4. The molecule has 0 aliphatic carbocycles. The summed E-state index contributed by atoms with van der Waals surface area (Å²) >= 11 is 0. The first kappa shape index (κ1) is 19.6. The van der Waals surface area contributed by atoms with Gasteiger partial charge in [-0.3, -0.25) is 9.80 Å². The van der Waals surface area contributed by atoms with Crippen molar-refractivity contribution >= 4 is 17.0 Å². The van der Waals surface area contributed by atoms with Gasteiger partial charge < -0.3 is 4.42 Å². The van der Waals surface area contributed by atoms with E-state index in [2.05, 4.69) is 59.2 Å². The number of piperazine rings is 1. The van der Waals surface area contributed by atoms with Crippen LogP contribution in [0.5, 0.6) is 0 Å². The van der Waals surface area contributed by atoms with E-state index in [0.29, 0.717) is 5.58 Å². The van der Waals surface area contributed by atoms with Crippen LogP contribution in [0.4, 0.5) is 0 Å². The van der Waals surface area contributed by atoms with Crippen molar-refractivity contribution in [2.24, 2.45) is 0 Å². The molecule has 1 saturated heterocycles. The van der Waals surface area contributed by atoms with Crippen molar-refractivity contribution in [3.05, 3.63) is 87.3 Å². The number of benzene rings is 2. The third-order valence-electron chi connectivity index (χ3n) is 5.78. The molecule has 3 aromatic rings. The molecule has 0 radical (unpaired) electrons. The topological polar surface area (TPSA) is 36.7 Å². The number of aryl methyl sites for hydroxylation is 2. The lowest BCUT2D eigenvalue weighted by molar-refractivity contribution is 0.137. The summed E-state index contributed by atoms with van der Waals surface area (Å²) in [5.41, 5.74) is 5.11. The summed E-state index contributed by atoms with van der Waals surface area (Å²) in [7, 11) is 0. The molecule has 4 nitrogen and oxygen atoms in total. The van der Waals surface area contributed by atoms with E-state index in [1.807, 2.05) is 19.1 Å². The second-order valence-electron chi connectivity index (χ2n) is 7.91. The number of hydrogen-bond donors (Lipinski definition) is 0. The minimum atomic E-state index is -0.263. The average molecular weight is 389 g/mol. The van der Waals surface area contributed by atoms with E-state index in [1.165, 1.54) is 11.1 Å². The molecule has 4 rings (SSSR count). The summed E-state index contributed by atoms with van der Waals surface area (Å²) in [6, 6.07) is 16.2. The molecular weight excluding hydrogens is 360 g/mol. The lowest BCUT2D eigenvalue weighted by atomic mass is 10.0. The Labute approximate surface area is 172 Å². The quantitative estimate of drug-likeness (QED) is 0.613. The smallest absolute Gasteiger partial charge is 0.336 e. The van der Waals surface area contributed by atoms with Crippen LogP contribution < -0.4 is 5.63 Å². The van der Waals surface area contributed by atoms with Crippen LogP contribution in [0.1, 0.15) is 22.3 Å². The monoisotopic (exact) mass is 388 g/mol. The summed E-state index contributed by atoms with van der Waals surface area (Å²) < 4.78 is 5.44. The van der Waals surface area contributed by atoms with Gasteiger partial charge in [-0.2, -0.15) is 0 Å². The fraction of sp³-hybridized carbons (Fsp3) is 0.320. The first-order valence-corrected chi connectivity index (χ1v) is 10.3. The van der Waals surface area contributed by atoms with Gasteiger partial charge in [-0.1, -0.05) is 42.5 Å². The molecule has 1 aromatic heterocycles. The van der Waals surface area contributed by atoms with Crippen molar-refractivity contribution in [3.8, 4) is 0 Å². The van der Waals surface area contributed by atoms with E-state index in [1.54, 1.807) is 6.07 Å². The third kappa shape index (κ3) is 4.84. The zero-order chi connectivity index (χ0) is 20.2. The van der Waals surface area contributed by atoms with Crippen molar-refractivity contribution in [3.63, 3.8) is 0 Å². The lowest BCUT2D eigenvalue weighted by Crippen LogP contribution is -2.45. The fourth-order valence-electron chi connectivity index (χ4n) is 3.89. The minimum Gasteiger partial charge on any atom is -0.423 e. The number of rotatable bonds is 5. The number of nitrogens with zero attached hydrogens (tertiary/aromatic N) is 2. The van der Waals surface area contributed by atoms with Crippen LogP contribution in [-0.4, -0.2) is 42.5 Å². The average Bonchev–Trinajstić information content (AvgIpc) is 2.71. The Bertz CT molecular complexity index is 1060. The van der Waals surface area contributed by atoms with E-state index in [9.17, 15) is 4.79 Å². The van der Waals surface area contributed by atoms with E-state index in [4.69, 9.17) is 4.42 Å². The number of fused-ring (bicyclic) bond motifs is 1. The van der Waals surface area contributed by atoms with Gasteiger partial charge in [0.25, 0.3) is 0 Å². The maximum absolute atomic E-state index is 12.0. The molecule has 150 valence electrons. The van der Waals surface area contributed by atoms with E-state index in [0.717, 1.165) is 55.8 Å². The molecule has 4 heteroatoms. The Morgan fingerprint density at radius 1 is 0.931 bits per heavy atom. The highest BCUT2D eigenvalue weighted by atomic mass is 16.4. The second kappa shape index (κ2) is 8.76. The van der Waals surface area contributed by atoms with Gasteiger partial charge in [-0.05, 0) is 48.2 Å². The van der Waals surface area contributed by atoms with Crippen molar-refractivity contribution in [1.82, 2.24) is 9.80 Å². The Balaban J connectivity index is 1.38. The van der Waals surface area contributed by atoms with Crippen molar-refractivity contribution in [2.75, 3.05) is 32.7 Å². The highest BCUT2D eigenvalue weighted by molar-refractivity contribution is 5.81. The summed E-state index contributed by atoms with van der Waals surface area (Å²) in [4.78, 5) is 16.9. The Hall–Kier alpha value is -2.69. The van der Waals surface area contributed by atoms with E-state index >= 15 is 0 Å². The van der Waals surface area contributed by atoms with Gasteiger partial charge in [0.15, 0.2) is 0 Å². The van der Waals surface area contributed by atoms with E-state index < -0.39 is 0 Å². The first-order valence-electron chi connectivity index (χ1n) is 10.3. The maximum atomic E-state index is 12.0. The third-order valence-corrected chi connectivity index (χ3v) is 5.78. The van der Waals surface area contributed by atoms with Gasteiger partial charge in [-0.25, -0.2) is 4.79 Å². The summed E-state index contributed by atoms with van der Waals surface area (Å²) in [6.45, 7) is 10.0. The molecule has 0 amide bonds. The van der Waals surface area contributed by atoms with Crippen molar-refractivity contribution in [1.29, 1.82) is 0 Å². The molecule has 0 unspecified atom stereocenters. The van der Waals surface area contributed by atoms with Crippen molar-refractivity contribution < 1.29 is 4.42 Å². The normalized spacial score (nSPS) is 16.1. The predicted molar refractivity (Wildman–Crippen MR) is 119 cm³/mol. The van der Waals surface area contributed by atoms with Gasteiger partial charge in [0, 0.05) is 50.7 Å². The van der Waals surface area contributed by atoms with Gasteiger partial charge in [0.05, 0.1) is 0 Å². The standard InChI is InChI=1S/C25H28N2O2/c1-19-15-23-22(17-25(28)29-24(23)16-20(19)2)18-27-13-11-26(12-14-27)10-6-9-21-7-4-3-5-8-21/h3-9,15-17H,10-14,18H2,1-2H3. The molecule has 2 heterocycles. The Morgan fingerprint density at radius 2 is 1.62 bits per heavy atom. The van der Waals surface area contributed by atoms with Crippen LogP contribution in [-0.2, 0) is 6.54 Å². The fourth-order valence-corrected chi connectivity index (χ4v) is 3.89. The maximum Gasteiger partial charge on any atom is 0.336 e. The molecule has 0 spiro atoms. The van der Waals surface area contributed by atoms with Crippen molar-refractivity contribution in [2.45, 2.75) is 20.4 Å². The zero-order valence-corrected chi connectivity index (χ0v) is 17.2. The molecular formula is C25H28N2O2. The molecule has 0 N–H and O–H groups in total. The highest BCUT2D eigenvalue weighted by Crippen LogP contribution is 2.23. The molecule has 2 aromatic carbocycles. The van der Waals surface area contributed by atoms with Crippen LogP contribution >= 0.6 is 0 Å². The summed E-state index contributed by atoms with van der Waals surface area (Å²) in [5.74, 6) is 0. The van der Waals surface area contributed by atoms with Crippen LogP contribution in [0.3, 0.4) is 0 Å². The molecule has 1 aliphatic rings. The minimum absolute atomic E-state index is 0.263. The molecule has 0 saturated carbocycles. The zero-order valence-electron chi connectivity index (χ0n) is 17.2. The first-order chi connectivity index (χ1) is 14.1. The SMILES string of the molecule is Cc1cc2oc(=O)cc(CN3CCN(CC=Cc4ccccc4)CC3)c2cc1C. The van der Waals surface area contributed by atoms with Crippen LogP contribution in [0, 0.1) is 13.8 Å². The van der Waals surface area contributed by atoms with Gasteiger partial charge in [0.2, 0.25) is 0 Å². The molecule has 0 bridgehead atoms. The van der Waals surface area contributed by atoms with Crippen LogP contribution in [0.25, 0.3) is 17.0 Å². The van der Waals surface area contributed by atoms with Crippen LogP contribution in [0.15, 0.2) is 63.8 Å². The largest absolute Gasteiger partial charge is 0.423 e. The van der Waals surface area contributed by atoms with Gasteiger partial charge in [-0.15, -0.1) is 0 Å². The molecule has 1 aliphatic heterocycles. The molecule has 29 heavy (non-hydrogen) atoms.